The van der Waals surface area contributed by atoms with Crippen molar-refractivity contribution in [2.45, 2.75) is 26.7 Å². The van der Waals surface area contributed by atoms with E-state index in [1.165, 1.54) is 29.9 Å². The molecule has 0 spiro atoms. The van der Waals surface area contributed by atoms with Crippen molar-refractivity contribution in [3.63, 3.8) is 0 Å². The molecule has 0 radical (unpaired) electrons. The van der Waals surface area contributed by atoms with Gasteiger partial charge >= 0.3 is 0 Å². The molecule has 0 heterocycles. The van der Waals surface area contributed by atoms with Crippen molar-refractivity contribution in [3.05, 3.63) is 60.2 Å². The van der Waals surface area contributed by atoms with Gasteiger partial charge in [-0.25, -0.2) is 0 Å². The maximum absolute atomic E-state index is 2.31. The Hall–Kier alpha value is -1.13. The third-order valence-electron chi connectivity index (χ3n) is 3.21. The number of unbranched alkanes of at least 4 members (excludes halogenated alkanes) is 1. The lowest BCUT2D eigenvalue weighted by Gasteiger charge is -2.20. The Labute approximate surface area is 112 Å². The molecule has 1 atom stereocenters. The molecule has 1 heteroatoms. The van der Waals surface area contributed by atoms with Crippen LogP contribution in [0.15, 0.2) is 54.6 Å². The minimum atomic E-state index is -0.178. The van der Waals surface area contributed by atoms with E-state index in [1.807, 2.05) is 0 Å². The molecule has 94 valence electrons. The fourth-order valence-corrected chi connectivity index (χ4v) is 4.89. The number of benzene rings is 2. The predicted molar refractivity (Wildman–Crippen MR) is 83.6 cm³/mol. The van der Waals surface area contributed by atoms with E-state index in [-0.39, 0.29) is 7.92 Å². The lowest BCUT2D eigenvalue weighted by Crippen LogP contribution is -2.16. The first-order valence-corrected chi connectivity index (χ1v) is 8.24. The smallest absolute Gasteiger partial charge is 0.0166 e. The highest BCUT2D eigenvalue weighted by atomic mass is 31.1. The van der Waals surface area contributed by atoms with Crippen LogP contribution < -0.4 is 10.6 Å². The SMILES string of the molecule is CCCCP(c1ccccc1)c1ccccc1C. The molecule has 0 bridgehead atoms. The summed E-state index contributed by atoms with van der Waals surface area (Å²) in [6.07, 6.45) is 3.90. The Kier molecular flexibility index (Phi) is 4.96. The molecule has 0 aliphatic heterocycles. The van der Waals surface area contributed by atoms with Crippen LogP contribution in [-0.4, -0.2) is 6.16 Å². The Morgan fingerprint density at radius 3 is 2.22 bits per heavy atom. The van der Waals surface area contributed by atoms with Gasteiger partial charge < -0.3 is 0 Å². The molecule has 2 aromatic rings. The molecule has 18 heavy (non-hydrogen) atoms. The van der Waals surface area contributed by atoms with E-state index in [2.05, 4.69) is 68.4 Å². The third kappa shape index (κ3) is 3.21. The summed E-state index contributed by atoms with van der Waals surface area (Å²) in [4.78, 5) is 0. The molecular weight excluding hydrogens is 235 g/mol. The lowest BCUT2D eigenvalue weighted by molar-refractivity contribution is 0.893. The summed E-state index contributed by atoms with van der Waals surface area (Å²) in [7, 11) is -0.178. The minimum absolute atomic E-state index is 0.178. The summed E-state index contributed by atoms with van der Waals surface area (Å²) in [5.41, 5.74) is 1.43. The summed E-state index contributed by atoms with van der Waals surface area (Å²) >= 11 is 0. The summed E-state index contributed by atoms with van der Waals surface area (Å²) in [5.74, 6) is 0. The van der Waals surface area contributed by atoms with Gasteiger partial charge in [-0.05, 0) is 43.6 Å². The van der Waals surface area contributed by atoms with Crippen molar-refractivity contribution < 1.29 is 0 Å². The number of hydrogen-bond acceptors (Lipinski definition) is 0. The van der Waals surface area contributed by atoms with Crippen molar-refractivity contribution >= 4 is 18.5 Å². The van der Waals surface area contributed by atoms with Crippen LogP contribution in [0.5, 0.6) is 0 Å². The fourth-order valence-electron chi connectivity index (χ4n) is 2.18. The third-order valence-corrected chi connectivity index (χ3v) is 5.98. The maximum atomic E-state index is 2.31. The molecule has 0 amide bonds. The van der Waals surface area contributed by atoms with Gasteiger partial charge in [-0.1, -0.05) is 67.9 Å². The second-order valence-corrected chi connectivity index (χ2v) is 6.93. The van der Waals surface area contributed by atoms with Crippen molar-refractivity contribution in [3.8, 4) is 0 Å². The summed E-state index contributed by atoms with van der Waals surface area (Å²) in [6.45, 7) is 4.51. The van der Waals surface area contributed by atoms with Crippen molar-refractivity contribution in [1.29, 1.82) is 0 Å². The summed E-state index contributed by atoms with van der Waals surface area (Å²) < 4.78 is 0. The molecule has 0 N–H and O–H groups in total. The van der Waals surface area contributed by atoms with E-state index in [9.17, 15) is 0 Å². The number of rotatable bonds is 5. The van der Waals surface area contributed by atoms with E-state index in [0.717, 1.165) is 0 Å². The van der Waals surface area contributed by atoms with Crippen LogP contribution in [0.2, 0.25) is 0 Å². The van der Waals surface area contributed by atoms with Crippen LogP contribution in [0.4, 0.5) is 0 Å². The summed E-state index contributed by atoms with van der Waals surface area (Å²) in [6, 6.07) is 19.9. The molecule has 0 aliphatic rings. The second kappa shape index (κ2) is 6.71. The first-order valence-electron chi connectivity index (χ1n) is 6.71. The number of hydrogen-bond donors (Lipinski definition) is 0. The van der Waals surface area contributed by atoms with Crippen LogP contribution in [-0.2, 0) is 0 Å². The van der Waals surface area contributed by atoms with Gasteiger partial charge in [0.15, 0.2) is 0 Å². The van der Waals surface area contributed by atoms with Gasteiger partial charge in [0, 0.05) is 0 Å². The zero-order valence-corrected chi connectivity index (χ0v) is 12.2. The van der Waals surface area contributed by atoms with Crippen LogP contribution in [0.1, 0.15) is 25.3 Å². The highest BCUT2D eigenvalue weighted by Gasteiger charge is 2.14. The van der Waals surface area contributed by atoms with E-state index in [4.69, 9.17) is 0 Å². The molecule has 0 saturated heterocycles. The highest BCUT2D eigenvalue weighted by molar-refractivity contribution is 7.73. The number of aryl methyl sites for hydroxylation is 1. The monoisotopic (exact) mass is 256 g/mol. The Bertz CT molecular complexity index is 476. The molecular formula is C17H21P. The van der Waals surface area contributed by atoms with Crippen LogP contribution in [0, 0.1) is 6.92 Å². The van der Waals surface area contributed by atoms with E-state index < -0.39 is 0 Å². The molecule has 0 fully saturated rings. The minimum Gasteiger partial charge on any atom is -0.0654 e. The second-order valence-electron chi connectivity index (χ2n) is 4.63. The average Bonchev–Trinajstić information content (AvgIpc) is 2.42. The van der Waals surface area contributed by atoms with Crippen LogP contribution >= 0.6 is 7.92 Å². The quantitative estimate of drug-likeness (QED) is 0.702. The van der Waals surface area contributed by atoms with E-state index in [0.29, 0.717) is 0 Å². The van der Waals surface area contributed by atoms with Gasteiger partial charge in [0.1, 0.15) is 0 Å². The topological polar surface area (TPSA) is 0 Å². The Balaban J connectivity index is 2.34. The zero-order valence-electron chi connectivity index (χ0n) is 11.3. The molecule has 0 aliphatic carbocycles. The van der Waals surface area contributed by atoms with E-state index in [1.54, 1.807) is 5.30 Å². The standard InChI is InChI=1S/C17H21P/c1-3-4-14-18(16-11-6-5-7-12-16)17-13-9-8-10-15(17)2/h5-13H,3-4,14H2,1-2H3. The van der Waals surface area contributed by atoms with Crippen molar-refractivity contribution in [1.82, 2.24) is 0 Å². The first-order chi connectivity index (χ1) is 8.83. The van der Waals surface area contributed by atoms with Gasteiger partial charge in [-0.2, -0.15) is 0 Å². The zero-order chi connectivity index (χ0) is 12.8. The van der Waals surface area contributed by atoms with Crippen molar-refractivity contribution in [2.24, 2.45) is 0 Å². The largest absolute Gasteiger partial charge is 0.0654 e. The highest BCUT2D eigenvalue weighted by Crippen LogP contribution is 2.35. The molecule has 0 nitrogen and oxygen atoms in total. The Morgan fingerprint density at radius 1 is 0.889 bits per heavy atom. The maximum Gasteiger partial charge on any atom is -0.0166 e. The van der Waals surface area contributed by atoms with Gasteiger partial charge in [-0.15, -0.1) is 0 Å². The molecule has 2 rings (SSSR count). The predicted octanol–water partition coefficient (Wildman–Crippen LogP) is 4.23. The average molecular weight is 256 g/mol. The van der Waals surface area contributed by atoms with Crippen LogP contribution in [0.25, 0.3) is 0 Å². The van der Waals surface area contributed by atoms with Crippen LogP contribution in [0.3, 0.4) is 0 Å². The lowest BCUT2D eigenvalue weighted by atomic mass is 10.2. The molecule has 0 saturated carbocycles. The van der Waals surface area contributed by atoms with Crippen molar-refractivity contribution in [2.75, 3.05) is 6.16 Å². The summed E-state index contributed by atoms with van der Waals surface area (Å²) in [5, 5.41) is 3.06. The molecule has 2 aromatic carbocycles. The normalized spacial score (nSPS) is 12.3. The Morgan fingerprint density at radius 2 is 1.56 bits per heavy atom. The first kappa shape index (κ1) is 13.3. The fraction of sp³-hybridized carbons (Fsp3) is 0.294. The van der Waals surface area contributed by atoms with Gasteiger partial charge in [-0.3, -0.25) is 0 Å². The van der Waals surface area contributed by atoms with Gasteiger partial charge in [0.05, 0.1) is 0 Å². The molecule has 1 unspecified atom stereocenters. The van der Waals surface area contributed by atoms with Gasteiger partial charge in [0.25, 0.3) is 0 Å². The van der Waals surface area contributed by atoms with Gasteiger partial charge in [0.2, 0.25) is 0 Å². The van der Waals surface area contributed by atoms with E-state index >= 15 is 0 Å². The molecule has 0 aromatic heterocycles.